The van der Waals surface area contributed by atoms with E-state index in [4.69, 9.17) is 5.11 Å². The van der Waals surface area contributed by atoms with Crippen LogP contribution in [0, 0.1) is 12.8 Å². The summed E-state index contributed by atoms with van der Waals surface area (Å²) in [7, 11) is 0. The maximum Gasteiger partial charge on any atom is 0.303 e. The number of amides is 1. The highest BCUT2D eigenvalue weighted by molar-refractivity contribution is 7.13. The van der Waals surface area contributed by atoms with Crippen molar-refractivity contribution in [1.82, 2.24) is 9.88 Å². The highest BCUT2D eigenvalue weighted by atomic mass is 32.1. The van der Waals surface area contributed by atoms with E-state index < -0.39 is 5.97 Å². The van der Waals surface area contributed by atoms with Gasteiger partial charge in [0, 0.05) is 19.5 Å². The molecule has 132 valence electrons. The Kier molecular flexibility index (Phi) is 5.48. The van der Waals surface area contributed by atoms with Crippen molar-refractivity contribution in [3.05, 3.63) is 40.9 Å². The van der Waals surface area contributed by atoms with Crippen LogP contribution in [0.5, 0.6) is 0 Å². The highest BCUT2D eigenvalue weighted by Gasteiger charge is 2.26. The van der Waals surface area contributed by atoms with Crippen molar-refractivity contribution >= 4 is 23.2 Å². The molecule has 1 amide bonds. The Morgan fingerprint density at radius 1 is 1.36 bits per heavy atom. The number of carbonyl (C=O) groups excluding carboxylic acids is 1. The largest absolute Gasteiger partial charge is 0.481 e. The lowest BCUT2D eigenvalue weighted by molar-refractivity contribution is -0.137. The summed E-state index contributed by atoms with van der Waals surface area (Å²) >= 11 is 1.63. The van der Waals surface area contributed by atoms with E-state index in [2.05, 4.69) is 4.98 Å². The zero-order valence-electron chi connectivity index (χ0n) is 14.3. The van der Waals surface area contributed by atoms with E-state index in [1.54, 1.807) is 11.3 Å². The Balaban J connectivity index is 1.71. The van der Waals surface area contributed by atoms with Crippen LogP contribution in [0.4, 0.5) is 0 Å². The smallest absolute Gasteiger partial charge is 0.303 e. The molecule has 6 heteroatoms. The van der Waals surface area contributed by atoms with Gasteiger partial charge in [-0.05, 0) is 55.7 Å². The Hall–Kier alpha value is -2.21. The van der Waals surface area contributed by atoms with Crippen molar-refractivity contribution in [3.8, 4) is 10.6 Å². The molecule has 0 radical (unpaired) electrons. The van der Waals surface area contributed by atoms with Crippen LogP contribution in [-0.4, -0.2) is 40.0 Å². The number of carboxylic acid groups (broad SMARTS) is 1. The Labute approximate surface area is 151 Å². The number of hydrogen-bond donors (Lipinski definition) is 1. The predicted octanol–water partition coefficient (Wildman–Crippen LogP) is 3.84. The summed E-state index contributed by atoms with van der Waals surface area (Å²) in [5.74, 6) is -0.497. The second-order valence-electron chi connectivity index (χ2n) is 6.50. The minimum atomic E-state index is -0.771. The van der Waals surface area contributed by atoms with E-state index >= 15 is 0 Å². The SMILES string of the molecule is Cc1nc(-c2cccs2)ccc1C(=O)N1CCCC(CCC(=O)O)C1. The van der Waals surface area contributed by atoms with E-state index in [1.165, 1.54) is 0 Å². The normalized spacial score (nSPS) is 17.5. The molecule has 1 aliphatic rings. The van der Waals surface area contributed by atoms with Crippen molar-refractivity contribution in [2.45, 2.75) is 32.6 Å². The fourth-order valence-corrected chi connectivity index (χ4v) is 4.03. The van der Waals surface area contributed by atoms with Crippen LogP contribution in [0.15, 0.2) is 29.6 Å². The number of aliphatic carboxylic acids is 1. The summed E-state index contributed by atoms with van der Waals surface area (Å²) < 4.78 is 0. The number of rotatable bonds is 5. The molecule has 0 aliphatic carbocycles. The zero-order valence-corrected chi connectivity index (χ0v) is 15.1. The third-order valence-electron chi connectivity index (χ3n) is 4.66. The second-order valence-corrected chi connectivity index (χ2v) is 7.45. The Morgan fingerprint density at radius 2 is 2.20 bits per heavy atom. The summed E-state index contributed by atoms with van der Waals surface area (Å²) in [5, 5.41) is 10.9. The van der Waals surface area contributed by atoms with Gasteiger partial charge in [0.25, 0.3) is 5.91 Å². The quantitative estimate of drug-likeness (QED) is 0.882. The number of aromatic nitrogens is 1. The lowest BCUT2D eigenvalue weighted by Crippen LogP contribution is -2.40. The van der Waals surface area contributed by atoms with Gasteiger partial charge in [-0.25, -0.2) is 0 Å². The van der Waals surface area contributed by atoms with Crippen LogP contribution in [0.1, 0.15) is 41.7 Å². The molecule has 1 unspecified atom stereocenters. The van der Waals surface area contributed by atoms with Crippen molar-refractivity contribution in [3.63, 3.8) is 0 Å². The van der Waals surface area contributed by atoms with Gasteiger partial charge in [0.1, 0.15) is 0 Å². The topological polar surface area (TPSA) is 70.5 Å². The average molecular weight is 358 g/mol. The molecule has 1 fully saturated rings. The van der Waals surface area contributed by atoms with Crippen LogP contribution >= 0.6 is 11.3 Å². The molecule has 5 nitrogen and oxygen atoms in total. The van der Waals surface area contributed by atoms with Crippen molar-refractivity contribution in [2.75, 3.05) is 13.1 Å². The number of carboxylic acids is 1. The molecule has 0 aromatic carbocycles. The first-order valence-electron chi connectivity index (χ1n) is 8.57. The minimum absolute atomic E-state index is 0.00255. The monoisotopic (exact) mass is 358 g/mol. The summed E-state index contributed by atoms with van der Waals surface area (Å²) in [4.78, 5) is 31.2. The van der Waals surface area contributed by atoms with Crippen molar-refractivity contribution in [2.24, 2.45) is 5.92 Å². The Bertz CT molecular complexity index is 758. The van der Waals surface area contributed by atoms with E-state index in [0.717, 1.165) is 35.7 Å². The van der Waals surface area contributed by atoms with E-state index in [9.17, 15) is 9.59 Å². The predicted molar refractivity (Wildman–Crippen MR) is 97.8 cm³/mol. The molecular formula is C19H22N2O3S. The number of hydrogen-bond acceptors (Lipinski definition) is 4. The number of thiophene rings is 1. The van der Waals surface area contributed by atoms with E-state index in [-0.39, 0.29) is 18.2 Å². The summed E-state index contributed by atoms with van der Waals surface area (Å²) in [6, 6.07) is 7.77. The van der Waals surface area contributed by atoms with Crippen molar-refractivity contribution < 1.29 is 14.7 Å². The molecule has 1 saturated heterocycles. The minimum Gasteiger partial charge on any atom is -0.481 e. The maximum atomic E-state index is 12.9. The average Bonchev–Trinajstić information content (AvgIpc) is 3.14. The lowest BCUT2D eigenvalue weighted by atomic mass is 9.93. The van der Waals surface area contributed by atoms with Crippen LogP contribution in [0.2, 0.25) is 0 Å². The van der Waals surface area contributed by atoms with Gasteiger partial charge >= 0.3 is 5.97 Å². The third-order valence-corrected chi connectivity index (χ3v) is 5.55. The number of carbonyl (C=O) groups is 2. The number of piperidine rings is 1. The van der Waals surface area contributed by atoms with Crippen LogP contribution in [-0.2, 0) is 4.79 Å². The van der Waals surface area contributed by atoms with E-state index in [1.807, 2.05) is 41.5 Å². The molecule has 25 heavy (non-hydrogen) atoms. The fourth-order valence-electron chi connectivity index (χ4n) is 3.33. The molecule has 1 atom stereocenters. The van der Waals surface area contributed by atoms with Crippen LogP contribution in [0.3, 0.4) is 0 Å². The highest BCUT2D eigenvalue weighted by Crippen LogP contribution is 2.26. The molecule has 1 aliphatic heterocycles. The number of pyridine rings is 1. The molecule has 3 rings (SSSR count). The second kappa shape index (κ2) is 7.78. The molecule has 2 aromatic rings. The Morgan fingerprint density at radius 3 is 2.88 bits per heavy atom. The summed E-state index contributed by atoms with van der Waals surface area (Å²) in [5.41, 5.74) is 2.27. The molecule has 3 heterocycles. The molecular weight excluding hydrogens is 336 g/mol. The standard InChI is InChI=1S/C19H22N2O3S/c1-13-15(7-8-16(20-13)17-5-3-11-25-17)19(24)21-10-2-4-14(12-21)6-9-18(22)23/h3,5,7-8,11,14H,2,4,6,9-10,12H2,1H3,(H,22,23). The first-order valence-corrected chi connectivity index (χ1v) is 9.45. The number of nitrogens with zero attached hydrogens (tertiary/aromatic N) is 2. The number of aryl methyl sites for hydroxylation is 1. The molecule has 0 spiro atoms. The van der Waals surface area contributed by atoms with E-state index in [0.29, 0.717) is 18.5 Å². The van der Waals surface area contributed by atoms with Gasteiger partial charge < -0.3 is 10.0 Å². The third kappa shape index (κ3) is 4.25. The zero-order chi connectivity index (χ0) is 17.8. The van der Waals surface area contributed by atoms with Gasteiger partial charge in [0.2, 0.25) is 0 Å². The summed E-state index contributed by atoms with van der Waals surface area (Å²) in [6.07, 6.45) is 2.72. The molecule has 1 N–H and O–H groups in total. The van der Waals surface area contributed by atoms with Gasteiger partial charge in [-0.1, -0.05) is 6.07 Å². The van der Waals surface area contributed by atoms with Gasteiger partial charge in [-0.2, -0.15) is 0 Å². The van der Waals surface area contributed by atoms with Gasteiger partial charge in [0.15, 0.2) is 0 Å². The van der Waals surface area contributed by atoms with Gasteiger partial charge in [0.05, 0.1) is 21.8 Å². The van der Waals surface area contributed by atoms with Crippen LogP contribution in [0.25, 0.3) is 10.6 Å². The fraction of sp³-hybridized carbons (Fsp3) is 0.421. The first kappa shape index (κ1) is 17.6. The summed E-state index contributed by atoms with van der Waals surface area (Å²) in [6.45, 7) is 3.24. The van der Waals surface area contributed by atoms with Crippen LogP contribution < -0.4 is 0 Å². The molecule has 0 bridgehead atoms. The van der Waals surface area contributed by atoms with Gasteiger partial charge in [-0.15, -0.1) is 11.3 Å². The molecule has 2 aromatic heterocycles. The first-order chi connectivity index (χ1) is 12.0. The lowest BCUT2D eigenvalue weighted by Gasteiger charge is -2.33. The number of likely N-dealkylation sites (tertiary alicyclic amines) is 1. The van der Waals surface area contributed by atoms with Crippen molar-refractivity contribution in [1.29, 1.82) is 0 Å². The van der Waals surface area contributed by atoms with Gasteiger partial charge in [-0.3, -0.25) is 14.6 Å². The maximum absolute atomic E-state index is 12.9. The molecule has 0 saturated carbocycles.